The fourth-order valence-corrected chi connectivity index (χ4v) is 3.60. The van der Waals surface area contributed by atoms with E-state index in [1.165, 1.54) is 17.7 Å². The van der Waals surface area contributed by atoms with E-state index in [-0.39, 0.29) is 11.9 Å². The number of ether oxygens (including phenoxy) is 2. The Bertz CT molecular complexity index is 916. The molecule has 0 fully saturated rings. The standard InChI is InChI=1S/C24H25BrFNO2/c1-3-28-23-14-19(15-27-17(2)20-7-5-4-6-8-20)13-22(25)24(23)29-16-18-9-11-21(26)12-10-18/h4-14,17,27H,3,15-16H2,1-2H3. The van der Waals surface area contributed by atoms with Crippen molar-refractivity contribution in [3.63, 3.8) is 0 Å². The van der Waals surface area contributed by atoms with Crippen LogP contribution >= 0.6 is 15.9 Å². The molecule has 0 spiro atoms. The Morgan fingerprint density at radius 2 is 1.69 bits per heavy atom. The zero-order valence-corrected chi connectivity index (χ0v) is 18.2. The van der Waals surface area contributed by atoms with Gasteiger partial charge in [-0.05, 0) is 70.7 Å². The summed E-state index contributed by atoms with van der Waals surface area (Å²) in [6.45, 7) is 5.67. The van der Waals surface area contributed by atoms with Crippen molar-refractivity contribution in [1.82, 2.24) is 5.32 Å². The molecular weight excluding hydrogens is 433 g/mol. The molecule has 3 aromatic rings. The molecule has 0 saturated heterocycles. The Morgan fingerprint density at radius 3 is 2.38 bits per heavy atom. The van der Waals surface area contributed by atoms with Gasteiger partial charge in [0, 0.05) is 12.6 Å². The molecule has 0 aliphatic carbocycles. The molecule has 5 heteroatoms. The van der Waals surface area contributed by atoms with Crippen LogP contribution in [0.2, 0.25) is 0 Å². The Labute approximate surface area is 180 Å². The number of halogens is 2. The first-order valence-corrected chi connectivity index (χ1v) is 10.5. The second kappa shape index (κ2) is 10.4. The highest BCUT2D eigenvalue weighted by Crippen LogP contribution is 2.37. The molecule has 0 heterocycles. The molecule has 0 saturated carbocycles. The number of hydrogen-bond acceptors (Lipinski definition) is 3. The summed E-state index contributed by atoms with van der Waals surface area (Å²) in [6.07, 6.45) is 0. The van der Waals surface area contributed by atoms with Crippen molar-refractivity contribution >= 4 is 15.9 Å². The van der Waals surface area contributed by atoms with Gasteiger partial charge in [-0.15, -0.1) is 0 Å². The van der Waals surface area contributed by atoms with Crippen molar-refractivity contribution in [3.05, 3.63) is 93.7 Å². The maximum absolute atomic E-state index is 13.1. The van der Waals surface area contributed by atoms with Crippen LogP contribution in [0.25, 0.3) is 0 Å². The van der Waals surface area contributed by atoms with Crippen LogP contribution in [0.1, 0.15) is 36.6 Å². The van der Waals surface area contributed by atoms with E-state index in [0.717, 1.165) is 15.6 Å². The second-order valence-electron chi connectivity index (χ2n) is 6.77. The zero-order chi connectivity index (χ0) is 20.6. The van der Waals surface area contributed by atoms with Crippen molar-refractivity contribution in [1.29, 1.82) is 0 Å². The van der Waals surface area contributed by atoms with Gasteiger partial charge in [-0.2, -0.15) is 0 Å². The molecule has 1 atom stereocenters. The lowest BCUT2D eigenvalue weighted by Gasteiger charge is -2.18. The third-order valence-electron chi connectivity index (χ3n) is 4.58. The first-order chi connectivity index (χ1) is 14.1. The van der Waals surface area contributed by atoms with E-state index in [1.54, 1.807) is 12.1 Å². The van der Waals surface area contributed by atoms with Gasteiger partial charge in [-0.1, -0.05) is 42.5 Å². The van der Waals surface area contributed by atoms with Gasteiger partial charge in [0.1, 0.15) is 12.4 Å². The number of nitrogens with one attached hydrogen (secondary N) is 1. The van der Waals surface area contributed by atoms with E-state index < -0.39 is 0 Å². The zero-order valence-electron chi connectivity index (χ0n) is 16.6. The summed E-state index contributed by atoms with van der Waals surface area (Å²) in [4.78, 5) is 0. The van der Waals surface area contributed by atoms with E-state index >= 15 is 0 Å². The minimum atomic E-state index is -0.258. The van der Waals surface area contributed by atoms with Gasteiger partial charge in [0.25, 0.3) is 0 Å². The van der Waals surface area contributed by atoms with Crippen LogP contribution < -0.4 is 14.8 Å². The SMILES string of the molecule is CCOc1cc(CNC(C)c2ccccc2)cc(Br)c1OCc1ccc(F)cc1. The van der Waals surface area contributed by atoms with Gasteiger partial charge >= 0.3 is 0 Å². The summed E-state index contributed by atoms with van der Waals surface area (Å²) in [5.74, 6) is 1.08. The lowest BCUT2D eigenvalue weighted by molar-refractivity contribution is 0.267. The Hall–Kier alpha value is -2.37. The Kier molecular flexibility index (Phi) is 7.67. The summed E-state index contributed by atoms with van der Waals surface area (Å²) in [5, 5.41) is 3.54. The summed E-state index contributed by atoms with van der Waals surface area (Å²) in [6, 6.07) is 20.9. The first kappa shape index (κ1) is 21.3. The topological polar surface area (TPSA) is 30.5 Å². The fourth-order valence-electron chi connectivity index (χ4n) is 2.99. The van der Waals surface area contributed by atoms with Gasteiger partial charge in [-0.3, -0.25) is 0 Å². The molecule has 29 heavy (non-hydrogen) atoms. The molecule has 0 amide bonds. The maximum atomic E-state index is 13.1. The number of rotatable bonds is 9. The van der Waals surface area contributed by atoms with Crippen LogP contribution in [-0.4, -0.2) is 6.61 Å². The smallest absolute Gasteiger partial charge is 0.175 e. The predicted molar refractivity (Wildman–Crippen MR) is 118 cm³/mol. The van der Waals surface area contributed by atoms with Crippen LogP contribution in [-0.2, 0) is 13.2 Å². The molecule has 152 valence electrons. The van der Waals surface area contributed by atoms with Crippen molar-refractivity contribution in [3.8, 4) is 11.5 Å². The molecule has 3 aromatic carbocycles. The molecule has 0 aliphatic rings. The first-order valence-electron chi connectivity index (χ1n) is 9.67. The molecule has 0 bridgehead atoms. The summed E-state index contributed by atoms with van der Waals surface area (Å²) >= 11 is 3.61. The molecule has 0 aliphatic heterocycles. The average Bonchev–Trinajstić information content (AvgIpc) is 2.73. The van der Waals surface area contributed by atoms with Gasteiger partial charge in [-0.25, -0.2) is 4.39 Å². The molecule has 0 aromatic heterocycles. The summed E-state index contributed by atoms with van der Waals surface area (Å²) in [5.41, 5.74) is 3.23. The van der Waals surface area contributed by atoms with Crippen LogP contribution in [0.3, 0.4) is 0 Å². The van der Waals surface area contributed by atoms with Crippen molar-refractivity contribution < 1.29 is 13.9 Å². The van der Waals surface area contributed by atoms with Gasteiger partial charge in [0.05, 0.1) is 11.1 Å². The highest BCUT2D eigenvalue weighted by Gasteiger charge is 2.14. The van der Waals surface area contributed by atoms with E-state index in [1.807, 2.05) is 37.3 Å². The van der Waals surface area contributed by atoms with E-state index in [0.29, 0.717) is 31.3 Å². The Balaban J connectivity index is 1.70. The third-order valence-corrected chi connectivity index (χ3v) is 5.17. The summed E-state index contributed by atoms with van der Waals surface area (Å²) in [7, 11) is 0. The van der Waals surface area contributed by atoms with Crippen LogP contribution in [0, 0.1) is 5.82 Å². The minimum Gasteiger partial charge on any atom is -0.490 e. The second-order valence-corrected chi connectivity index (χ2v) is 7.62. The molecule has 3 nitrogen and oxygen atoms in total. The third kappa shape index (κ3) is 6.05. The van der Waals surface area contributed by atoms with Crippen molar-refractivity contribution in [2.24, 2.45) is 0 Å². The number of hydrogen-bond donors (Lipinski definition) is 1. The Morgan fingerprint density at radius 1 is 0.966 bits per heavy atom. The molecule has 3 rings (SSSR count). The lowest BCUT2D eigenvalue weighted by atomic mass is 10.1. The van der Waals surface area contributed by atoms with Crippen LogP contribution in [0.4, 0.5) is 4.39 Å². The summed E-state index contributed by atoms with van der Waals surface area (Å²) < 4.78 is 25.7. The normalized spacial score (nSPS) is 11.9. The average molecular weight is 458 g/mol. The lowest BCUT2D eigenvalue weighted by Crippen LogP contribution is -2.18. The highest BCUT2D eigenvalue weighted by molar-refractivity contribution is 9.10. The molecular formula is C24H25BrFNO2. The maximum Gasteiger partial charge on any atom is 0.175 e. The van der Waals surface area contributed by atoms with Crippen LogP contribution in [0.15, 0.2) is 71.2 Å². The largest absolute Gasteiger partial charge is 0.490 e. The van der Waals surface area contributed by atoms with Gasteiger partial charge < -0.3 is 14.8 Å². The predicted octanol–water partition coefficient (Wildman–Crippen LogP) is 6.42. The van der Waals surface area contributed by atoms with Crippen molar-refractivity contribution in [2.45, 2.75) is 33.0 Å². The number of benzene rings is 3. The molecule has 1 unspecified atom stereocenters. The fraction of sp³-hybridized carbons (Fsp3) is 0.250. The van der Waals surface area contributed by atoms with E-state index in [4.69, 9.17) is 9.47 Å². The quantitative estimate of drug-likeness (QED) is 0.402. The van der Waals surface area contributed by atoms with Gasteiger partial charge in [0.2, 0.25) is 0 Å². The highest BCUT2D eigenvalue weighted by atomic mass is 79.9. The van der Waals surface area contributed by atoms with Gasteiger partial charge in [0.15, 0.2) is 11.5 Å². The monoisotopic (exact) mass is 457 g/mol. The van der Waals surface area contributed by atoms with E-state index in [9.17, 15) is 4.39 Å². The molecule has 1 N–H and O–H groups in total. The molecule has 0 radical (unpaired) electrons. The van der Waals surface area contributed by atoms with Crippen molar-refractivity contribution in [2.75, 3.05) is 6.61 Å². The minimum absolute atomic E-state index is 0.236. The van der Waals surface area contributed by atoms with E-state index in [2.05, 4.69) is 40.3 Å². The van der Waals surface area contributed by atoms with Crippen LogP contribution in [0.5, 0.6) is 11.5 Å².